The maximum Gasteiger partial charge on any atom is 0.123 e. The van der Waals surface area contributed by atoms with Crippen molar-refractivity contribution in [3.63, 3.8) is 0 Å². The minimum Gasteiger partial charge on any atom is -0.390 e. The normalized spacial score (nSPS) is 13.8. The van der Waals surface area contributed by atoms with E-state index < -0.39 is 0 Å². The second-order valence-corrected chi connectivity index (χ2v) is 3.20. The van der Waals surface area contributed by atoms with Crippen LogP contribution in [-0.2, 0) is 6.61 Å². The lowest BCUT2D eigenvalue weighted by molar-refractivity contribution is 0.277. The van der Waals surface area contributed by atoms with Gasteiger partial charge in [0, 0.05) is 6.20 Å². The largest absolute Gasteiger partial charge is 0.390 e. The number of aromatic amines is 1. The smallest absolute Gasteiger partial charge is 0.123 e. The minimum atomic E-state index is -0.0784. The number of imidazole rings is 1. The van der Waals surface area contributed by atoms with Gasteiger partial charge in [-0.1, -0.05) is 13.8 Å². The number of nitrogens with zero attached hydrogens (tertiary/aromatic N) is 1. The third-order valence-corrected chi connectivity index (χ3v) is 1.85. The molecule has 4 heteroatoms. The fourth-order valence-electron chi connectivity index (χ4n) is 0.944. The number of nitrogens with two attached hydrogens (primary N) is 1. The summed E-state index contributed by atoms with van der Waals surface area (Å²) in [5.74, 6) is 1.09. The number of aliphatic hydroxyl groups is 1. The van der Waals surface area contributed by atoms with E-state index in [-0.39, 0.29) is 12.6 Å². The molecule has 1 aromatic rings. The van der Waals surface area contributed by atoms with E-state index in [1.165, 1.54) is 0 Å². The van der Waals surface area contributed by atoms with Crippen LogP contribution in [0.25, 0.3) is 0 Å². The summed E-state index contributed by atoms with van der Waals surface area (Å²) in [6.07, 6.45) is 1.68. The second kappa shape index (κ2) is 3.69. The van der Waals surface area contributed by atoms with Gasteiger partial charge in [-0.25, -0.2) is 4.98 Å². The first kappa shape index (κ1) is 9.22. The molecule has 0 aliphatic carbocycles. The zero-order chi connectivity index (χ0) is 9.14. The number of rotatable bonds is 3. The van der Waals surface area contributed by atoms with Crippen LogP contribution in [0.15, 0.2) is 6.20 Å². The van der Waals surface area contributed by atoms with Crippen LogP contribution in [0.3, 0.4) is 0 Å². The van der Waals surface area contributed by atoms with Crippen molar-refractivity contribution in [1.82, 2.24) is 9.97 Å². The zero-order valence-corrected chi connectivity index (χ0v) is 7.41. The van der Waals surface area contributed by atoms with Crippen molar-refractivity contribution in [2.24, 2.45) is 11.7 Å². The maximum atomic E-state index is 8.75. The molecule has 0 aromatic carbocycles. The Morgan fingerprint density at radius 2 is 2.33 bits per heavy atom. The van der Waals surface area contributed by atoms with Gasteiger partial charge in [-0.3, -0.25) is 0 Å². The summed E-state index contributed by atoms with van der Waals surface area (Å²) in [7, 11) is 0. The average molecular weight is 169 g/mol. The second-order valence-electron chi connectivity index (χ2n) is 3.20. The highest BCUT2D eigenvalue weighted by atomic mass is 16.3. The van der Waals surface area contributed by atoms with E-state index in [9.17, 15) is 0 Å². The van der Waals surface area contributed by atoms with Crippen molar-refractivity contribution in [3.8, 4) is 0 Å². The highest BCUT2D eigenvalue weighted by Crippen LogP contribution is 2.15. The van der Waals surface area contributed by atoms with Crippen LogP contribution in [-0.4, -0.2) is 15.1 Å². The average Bonchev–Trinajstić information content (AvgIpc) is 2.50. The van der Waals surface area contributed by atoms with Gasteiger partial charge in [-0.2, -0.15) is 0 Å². The molecule has 1 rings (SSSR count). The van der Waals surface area contributed by atoms with E-state index in [0.29, 0.717) is 11.6 Å². The van der Waals surface area contributed by atoms with Gasteiger partial charge in [0.15, 0.2) is 0 Å². The molecule has 0 amide bonds. The lowest BCUT2D eigenvalue weighted by Crippen LogP contribution is -2.18. The summed E-state index contributed by atoms with van der Waals surface area (Å²) in [5, 5.41) is 8.75. The fraction of sp³-hybridized carbons (Fsp3) is 0.625. The summed E-state index contributed by atoms with van der Waals surface area (Å²) < 4.78 is 0. The molecule has 0 unspecified atom stereocenters. The van der Waals surface area contributed by atoms with Crippen LogP contribution < -0.4 is 5.73 Å². The van der Waals surface area contributed by atoms with Gasteiger partial charge in [0.1, 0.15) is 5.82 Å². The third-order valence-electron chi connectivity index (χ3n) is 1.85. The number of nitrogens with one attached hydrogen (secondary N) is 1. The summed E-state index contributed by atoms with van der Waals surface area (Å²) >= 11 is 0. The van der Waals surface area contributed by atoms with Crippen molar-refractivity contribution >= 4 is 0 Å². The number of aromatic nitrogens is 2. The number of aliphatic hydroxyl groups excluding tert-OH is 1. The molecule has 0 fully saturated rings. The van der Waals surface area contributed by atoms with Crippen LogP contribution in [0.1, 0.15) is 31.4 Å². The van der Waals surface area contributed by atoms with E-state index in [1.807, 2.05) is 13.8 Å². The van der Waals surface area contributed by atoms with E-state index in [1.54, 1.807) is 6.20 Å². The van der Waals surface area contributed by atoms with Crippen LogP contribution in [0.2, 0.25) is 0 Å². The highest BCUT2D eigenvalue weighted by molar-refractivity contribution is 5.03. The first-order valence-electron chi connectivity index (χ1n) is 4.05. The first-order valence-corrected chi connectivity index (χ1v) is 4.05. The third kappa shape index (κ3) is 1.84. The minimum absolute atomic E-state index is 0.0404. The molecule has 0 bridgehead atoms. The summed E-state index contributed by atoms with van der Waals surface area (Å²) in [5.41, 5.74) is 6.47. The molecule has 0 saturated heterocycles. The van der Waals surface area contributed by atoms with Crippen LogP contribution >= 0.6 is 0 Å². The molecule has 0 saturated carbocycles. The summed E-state index contributed by atoms with van der Waals surface area (Å²) in [6.45, 7) is 4.03. The van der Waals surface area contributed by atoms with Crippen LogP contribution in [0, 0.1) is 5.92 Å². The Bertz CT molecular complexity index is 244. The lowest BCUT2D eigenvalue weighted by Gasteiger charge is -2.11. The van der Waals surface area contributed by atoms with Gasteiger partial charge < -0.3 is 15.8 Å². The predicted molar refractivity (Wildman–Crippen MR) is 46.3 cm³/mol. The molecule has 1 heterocycles. The van der Waals surface area contributed by atoms with Gasteiger partial charge in [0.25, 0.3) is 0 Å². The standard InChI is InChI=1S/C8H15N3O/c1-5(2)7(9)8-10-3-6(4-12)11-8/h3,5,7,12H,4,9H2,1-2H3,(H,10,11)/t7-/m0/s1. The monoisotopic (exact) mass is 169 g/mol. The maximum absolute atomic E-state index is 8.75. The van der Waals surface area contributed by atoms with Crippen molar-refractivity contribution in [2.75, 3.05) is 0 Å². The van der Waals surface area contributed by atoms with Crippen LogP contribution in [0.5, 0.6) is 0 Å². The fourth-order valence-corrected chi connectivity index (χ4v) is 0.944. The molecule has 4 nitrogen and oxygen atoms in total. The van der Waals surface area contributed by atoms with Gasteiger partial charge in [-0.05, 0) is 5.92 Å². The van der Waals surface area contributed by atoms with Crippen molar-refractivity contribution in [1.29, 1.82) is 0 Å². The Morgan fingerprint density at radius 3 is 2.75 bits per heavy atom. The van der Waals surface area contributed by atoms with Gasteiger partial charge in [-0.15, -0.1) is 0 Å². The molecule has 0 spiro atoms. The molecule has 1 aromatic heterocycles. The Balaban J connectivity index is 2.74. The molecule has 0 radical (unpaired) electrons. The lowest BCUT2D eigenvalue weighted by atomic mass is 10.1. The summed E-state index contributed by atoms with van der Waals surface area (Å²) in [4.78, 5) is 7.06. The van der Waals surface area contributed by atoms with Crippen molar-refractivity contribution < 1.29 is 5.11 Å². The molecular weight excluding hydrogens is 154 g/mol. The Kier molecular flexibility index (Phi) is 2.83. The van der Waals surface area contributed by atoms with E-state index >= 15 is 0 Å². The molecule has 4 N–H and O–H groups in total. The first-order chi connectivity index (χ1) is 5.65. The molecule has 0 aliphatic rings. The van der Waals surface area contributed by atoms with Crippen LogP contribution in [0.4, 0.5) is 0 Å². The number of hydrogen-bond donors (Lipinski definition) is 3. The van der Waals surface area contributed by atoms with Gasteiger partial charge >= 0.3 is 0 Å². The number of hydrogen-bond acceptors (Lipinski definition) is 3. The Hall–Kier alpha value is -0.870. The Labute approximate surface area is 71.8 Å². The van der Waals surface area contributed by atoms with Crippen molar-refractivity contribution in [2.45, 2.75) is 26.5 Å². The Morgan fingerprint density at radius 1 is 1.67 bits per heavy atom. The van der Waals surface area contributed by atoms with Gasteiger partial charge in [0.2, 0.25) is 0 Å². The molecular formula is C8H15N3O. The topological polar surface area (TPSA) is 74.9 Å². The van der Waals surface area contributed by atoms with Crippen molar-refractivity contribution in [3.05, 3.63) is 17.7 Å². The SMILES string of the molecule is CC(C)[C@H](N)c1nc(CO)c[nH]1. The summed E-state index contributed by atoms with van der Waals surface area (Å²) in [6, 6.07) is -0.0784. The van der Waals surface area contributed by atoms with E-state index in [4.69, 9.17) is 10.8 Å². The zero-order valence-electron chi connectivity index (χ0n) is 7.41. The molecule has 1 atom stereocenters. The van der Waals surface area contributed by atoms with E-state index in [2.05, 4.69) is 9.97 Å². The van der Waals surface area contributed by atoms with E-state index in [0.717, 1.165) is 5.82 Å². The molecule has 68 valence electrons. The van der Waals surface area contributed by atoms with Gasteiger partial charge in [0.05, 0.1) is 18.3 Å². The molecule has 0 aliphatic heterocycles. The predicted octanol–water partition coefficient (Wildman–Crippen LogP) is 0.558. The highest BCUT2D eigenvalue weighted by Gasteiger charge is 2.13. The quantitative estimate of drug-likeness (QED) is 0.618. The number of H-pyrrole nitrogens is 1. The molecule has 12 heavy (non-hydrogen) atoms.